The van der Waals surface area contributed by atoms with E-state index in [9.17, 15) is 24.9 Å². The van der Waals surface area contributed by atoms with Crippen LogP contribution >= 0.6 is 0 Å². The van der Waals surface area contributed by atoms with Gasteiger partial charge in [0.1, 0.15) is 6.10 Å². The molecule has 29 heavy (non-hydrogen) atoms. The number of carbonyl (C=O) groups is 2. The highest BCUT2D eigenvalue weighted by molar-refractivity contribution is 5.84. The number of nitrogens with one attached hydrogen (secondary N) is 1. The summed E-state index contributed by atoms with van der Waals surface area (Å²) in [6, 6.07) is 0. The number of unbranched alkanes of at least 4 members (excludes halogenated alkanes) is 12. The number of rotatable bonds is 16. The number of aliphatic hydroxyl groups excluding tert-OH is 3. The van der Waals surface area contributed by atoms with Crippen molar-refractivity contribution in [2.75, 3.05) is 0 Å². The Bertz CT molecular complexity index is 496. The number of hydrogen-bond acceptors (Lipinski definition) is 6. The second-order valence-electron chi connectivity index (χ2n) is 7.87. The maximum absolute atomic E-state index is 11.8. The Morgan fingerprint density at radius 2 is 1.52 bits per heavy atom. The first-order chi connectivity index (χ1) is 14.0. The van der Waals surface area contributed by atoms with Gasteiger partial charge in [-0.1, -0.05) is 83.6 Å². The summed E-state index contributed by atoms with van der Waals surface area (Å²) in [7, 11) is 0. The van der Waals surface area contributed by atoms with Crippen molar-refractivity contribution >= 4 is 11.9 Å². The van der Waals surface area contributed by atoms with Gasteiger partial charge in [0, 0.05) is 0 Å². The zero-order valence-electron chi connectivity index (χ0n) is 17.7. The first-order valence-electron chi connectivity index (χ1n) is 11.2. The molecule has 1 saturated heterocycles. The molecular weight excluding hydrogens is 374 g/mol. The molecule has 1 rings (SSSR count). The van der Waals surface area contributed by atoms with Crippen molar-refractivity contribution in [3.8, 4) is 0 Å². The number of hydrogen-bond donors (Lipinski definition) is 4. The highest BCUT2D eigenvalue weighted by atomic mass is 16.6. The maximum Gasteiger partial charge on any atom is 0.338 e. The van der Waals surface area contributed by atoms with Crippen LogP contribution < -0.4 is 5.32 Å². The number of aliphatic hydroxyl groups is 3. The average Bonchev–Trinajstić information content (AvgIpc) is 2.97. The summed E-state index contributed by atoms with van der Waals surface area (Å²) in [4.78, 5) is 23.0. The molecule has 0 aromatic heterocycles. The lowest BCUT2D eigenvalue weighted by molar-refractivity contribution is -0.153. The molecule has 168 valence electrons. The summed E-state index contributed by atoms with van der Waals surface area (Å²) in [5.74, 6) is -1.83. The number of cyclic esters (lactones) is 1. The summed E-state index contributed by atoms with van der Waals surface area (Å²) in [6.07, 6.45) is 13.0. The van der Waals surface area contributed by atoms with Gasteiger partial charge in [-0.25, -0.2) is 4.79 Å². The first-order valence-corrected chi connectivity index (χ1v) is 11.2. The summed E-state index contributed by atoms with van der Waals surface area (Å²) >= 11 is 0. The van der Waals surface area contributed by atoms with Crippen molar-refractivity contribution in [3.05, 3.63) is 12.3 Å². The van der Waals surface area contributed by atoms with Crippen LogP contribution in [-0.4, -0.2) is 51.6 Å². The molecule has 7 nitrogen and oxygen atoms in total. The largest absolute Gasteiger partial charge is 0.454 e. The zero-order valence-corrected chi connectivity index (χ0v) is 17.7. The normalized spacial score (nSPS) is 22.8. The highest BCUT2D eigenvalue weighted by Crippen LogP contribution is 2.19. The van der Waals surface area contributed by atoms with Crippen LogP contribution in [0.25, 0.3) is 0 Å². The molecule has 4 N–H and O–H groups in total. The van der Waals surface area contributed by atoms with Crippen molar-refractivity contribution in [1.82, 2.24) is 5.32 Å². The van der Waals surface area contributed by atoms with Crippen LogP contribution in [-0.2, 0) is 14.3 Å². The fourth-order valence-corrected chi connectivity index (χ4v) is 3.41. The van der Waals surface area contributed by atoms with Crippen LogP contribution in [0.15, 0.2) is 12.3 Å². The fourth-order valence-electron chi connectivity index (χ4n) is 3.41. The van der Waals surface area contributed by atoms with Gasteiger partial charge in [0.05, 0.1) is 0 Å². The first kappa shape index (κ1) is 25.6. The second-order valence-corrected chi connectivity index (χ2v) is 7.87. The zero-order chi connectivity index (χ0) is 21.5. The number of carbonyl (C=O) groups excluding carboxylic acids is 2. The SMILES string of the molecule is CCCCCCCCCCCCCC/C=C/NC(=O)[C@H](O)[C@H]1OC(=O)[C@@H](O)[C@H]1O. The molecule has 0 spiro atoms. The van der Waals surface area contributed by atoms with Gasteiger partial charge >= 0.3 is 5.97 Å². The summed E-state index contributed by atoms with van der Waals surface area (Å²) < 4.78 is 4.62. The van der Waals surface area contributed by atoms with Crippen molar-refractivity contribution in [2.24, 2.45) is 0 Å². The van der Waals surface area contributed by atoms with Gasteiger partial charge in [0.2, 0.25) is 0 Å². The number of amides is 1. The molecule has 4 atom stereocenters. The third-order valence-corrected chi connectivity index (χ3v) is 5.30. The van der Waals surface area contributed by atoms with E-state index in [2.05, 4.69) is 17.0 Å². The molecule has 0 saturated carbocycles. The Kier molecular flexibility index (Phi) is 13.6. The molecule has 1 fully saturated rings. The Balaban J connectivity index is 1.97. The van der Waals surface area contributed by atoms with Gasteiger partial charge in [0.25, 0.3) is 5.91 Å². The molecule has 0 aromatic carbocycles. The number of allylic oxidation sites excluding steroid dienone is 1. The smallest absolute Gasteiger partial charge is 0.338 e. The predicted molar refractivity (Wildman–Crippen MR) is 111 cm³/mol. The summed E-state index contributed by atoms with van der Waals surface area (Å²) in [5, 5.41) is 31.1. The van der Waals surface area contributed by atoms with E-state index in [1.165, 1.54) is 70.4 Å². The Labute approximate surface area is 174 Å². The Morgan fingerprint density at radius 1 is 1.00 bits per heavy atom. The van der Waals surface area contributed by atoms with Crippen molar-refractivity contribution < 1.29 is 29.6 Å². The van der Waals surface area contributed by atoms with Gasteiger partial charge < -0.3 is 25.4 Å². The minimum atomic E-state index is -1.73. The molecule has 0 aromatic rings. The van der Waals surface area contributed by atoms with Gasteiger partial charge in [0.15, 0.2) is 18.3 Å². The number of esters is 1. The van der Waals surface area contributed by atoms with E-state index in [1.807, 2.05) is 6.08 Å². The maximum atomic E-state index is 11.8. The van der Waals surface area contributed by atoms with Crippen molar-refractivity contribution in [3.63, 3.8) is 0 Å². The Morgan fingerprint density at radius 3 is 2.00 bits per heavy atom. The molecule has 1 heterocycles. The van der Waals surface area contributed by atoms with Crippen LogP contribution in [0, 0.1) is 0 Å². The van der Waals surface area contributed by atoms with E-state index in [0.717, 1.165) is 19.3 Å². The van der Waals surface area contributed by atoms with Crippen LogP contribution in [0.5, 0.6) is 0 Å². The molecule has 1 aliphatic heterocycles. The van der Waals surface area contributed by atoms with Crippen LogP contribution in [0.1, 0.15) is 90.4 Å². The van der Waals surface area contributed by atoms with E-state index in [4.69, 9.17) is 0 Å². The molecule has 0 bridgehead atoms. The minimum absolute atomic E-state index is 0.790. The monoisotopic (exact) mass is 413 g/mol. The second kappa shape index (κ2) is 15.4. The van der Waals surface area contributed by atoms with Gasteiger partial charge in [-0.05, 0) is 19.0 Å². The molecule has 0 unspecified atom stereocenters. The summed E-state index contributed by atoms with van der Waals surface area (Å²) in [5.41, 5.74) is 0. The van der Waals surface area contributed by atoms with Gasteiger partial charge in [-0.3, -0.25) is 4.79 Å². The van der Waals surface area contributed by atoms with E-state index in [0.29, 0.717) is 0 Å². The predicted octanol–water partition coefficient (Wildman–Crippen LogP) is 2.72. The molecule has 1 aliphatic rings. The van der Waals surface area contributed by atoms with E-state index in [1.54, 1.807) is 0 Å². The van der Waals surface area contributed by atoms with Crippen LogP contribution in [0.4, 0.5) is 0 Å². The van der Waals surface area contributed by atoms with Gasteiger partial charge in [-0.15, -0.1) is 0 Å². The average molecular weight is 414 g/mol. The lowest BCUT2D eigenvalue weighted by Gasteiger charge is -2.18. The Hall–Kier alpha value is -1.44. The molecule has 1 amide bonds. The van der Waals surface area contributed by atoms with Crippen LogP contribution in [0.3, 0.4) is 0 Å². The van der Waals surface area contributed by atoms with E-state index >= 15 is 0 Å². The van der Waals surface area contributed by atoms with Crippen molar-refractivity contribution in [1.29, 1.82) is 0 Å². The molecular formula is C22H39NO6. The molecule has 7 heteroatoms. The summed E-state index contributed by atoms with van der Waals surface area (Å²) in [6.45, 7) is 2.24. The molecule has 0 aliphatic carbocycles. The fraction of sp³-hybridized carbons (Fsp3) is 0.818. The van der Waals surface area contributed by atoms with E-state index in [-0.39, 0.29) is 0 Å². The van der Waals surface area contributed by atoms with Crippen molar-refractivity contribution in [2.45, 2.75) is 115 Å². The van der Waals surface area contributed by atoms with E-state index < -0.39 is 36.3 Å². The quantitative estimate of drug-likeness (QED) is 0.228. The van der Waals surface area contributed by atoms with Crippen LogP contribution in [0.2, 0.25) is 0 Å². The number of ether oxygens (including phenoxy) is 1. The lowest BCUT2D eigenvalue weighted by atomic mass is 10.0. The third kappa shape index (κ3) is 10.2. The minimum Gasteiger partial charge on any atom is -0.454 e. The molecule has 0 radical (unpaired) electrons. The lowest BCUT2D eigenvalue weighted by Crippen LogP contribution is -2.46. The van der Waals surface area contributed by atoms with Gasteiger partial charge in [-0.2, -0.15) is 0 Å². The highest BCUT2D eigenvalue weighted by Gasteiger charge is 2.48. The third-order valence-electron chi connectivity index (χ3n) is 5.30. The topological polar surface area (TPSA) is 116 Å². The standard InChI is InChI=1S/C22H39NO6/c1-2-3-4-5-6-7-8-9-10-11-12-13-14-15-16-23-21(27)19(26)20-17(24)18(25)22(28)29-20/h15-20,24-26H,2-14H2,1H3,(H,23,27)/b16-15+/t17-,18+,19-,20+/m1/s1.